The summed E-state index contributed by atoms with van der Waals surface area (Å²) >= 11 is 0. The monoisotopic (exact) mass is 340 g/mol. The lowest BCUT2D eigenvalue weighted by Crippen LogP contribution is -2.56. The van der Waals surface area contributed by atoms with Crippen molar-refractivity contribution in [3.8, 4) is 0 Å². The predicted molar refractivity (Wildman–Crippen MR) is 84.9 cm³/mol. The summed E-state index contributed by atoms with van der Waals surface area (Å²) in [7, 11) is 1.32. The highest BCUT2D eigenvalue weighted by molar-refractivity contribution is 5.76. The Kier molecular flexibility index (Phi) is 14.2. The minimum absolute atomic E-state index is 0. The standard InChI is InChI=1S/C12H20O8.3CH4/c1-6-7(5-13)19-12(18-2)10(17)11(6)20-9(16)4-3-8(14)15;;;/h6-7,10-13,17H,3-5H2,1-2H3,(H,14,15);3*1H4. The van der Waals surface area contributed by atoms with Crippen molar-refractivity contribution in [1.29, 1.82) is 0 Å². The summed E-state index contributed by atoms with van der Waals surface area (Å²) in [5.74, 6) is -2.28. The molecule has 1 rings (SSSR count). The molecule has 0 saturated carbocycles. The van der Waals surface area contributed by atoms with Crippen LogP contribution >= 0.6 is 0 Å². The molecule has 5 atom stereocenters. The van der Waals surface area contributed by atoms with Crippen molar-refractivity contribution >= 4 is 11.9 Å². The van der Waals surface area contributed by atoms with E-state index in [1.54, 1.807) is 6.92 Å². The highest BCUT2D eigenvalue weighted by Crippen LogP contribution is 2.28. The Bertz CT molecular complexity index is 330. The molecular weight excluding hydrogens is 308 g/mol. The third-order valence-electron chi connectivity index (χ3n) is 3.25. The van der Waals surface area contributed by atoms with Crippen LogP contribution in [0.2, 0.25) is 0 Å². The van der Waals surface area contributed by atoms with Gasteiger partial charge < -0.3 is 29.5 Å². The summed E-state index contributed by atoms with van der Waals surface area (Å²) in [6.07, 6.45) is -4.41. The fourth-order valence-electron chi connectivity index (χ4n) is 2.06. The maximum atomic E-state index is 11.6. The zero-order chi connectivity index (χ0) is 15.3. The first-order valence-electron chi connectivity index (χ1n) is 6.29. The van der Waals surface area contributed by atoms with Gasteiger partial charge in [0.2, 0.25) is 0 Å². The first-order chi connectivity index (χ1) is 9.40. The zero-order valence-corrected chi connectivity index (χ0v) is 11.4. The van der Waals surface area contributed by atoms with Crippen molar-refractivity contribution in [3.05, 3.63) is 0 Å². The highest BCUT2D eigenvalue weighted by atomic mass is 16.7. The molecule has 23 heavy (non-hydrogen) atoms. The van der Waals surface area contributed by atoms with Gasteiger partial charge in [-0.1, -0.05) is 29.2 Å². The molecule has 3 N–H and O–H groups in total. The number of esters is 1. The second-order valence-corrected chi connectivity index (χ2v) is 4.66. The van der Waals surface area contributed by atoms with Crippen LogP contribution in [0, 0.1) is 5.92 Å². The van der Waals surface area contributed by atoms with Crippen molar-refractivity contribution in [1.82, 2.24) is 0 Å². The van der Waals surface area contributed by atoms with Crippen LogP contribution in [0.1, 0.15) is 42.0 Å². The number of hydrogen-bond donors (Lipinski definition) is 3. The van der Waals surface area contributed by atoms with Gasteiger partial charge in [0.05, 0.1) is 25.6 Å². The molecular formula is C15H32O8. The van der Waals surface area contributed by atoms with Gasteiger partial charge in [0.15, 0.2) is 6.29 Å². The van der Waals surface area contributed by atoms with E-state index in [0.717, 1.165) is 0 Å². The molecule has 0 aliphatic carbocycles. The van der Waals surface area contributed by atoms with Gasteiger partial charge in [0, 0.05) is 13.0 Å². The summed E-state index contributed by atoms with van der Waals surface area (Å²) in [5.41, 5.74) is 0. The van der Waals surface area contributed by atoms with Crippen LogP contribution in [0.5, 0.6) is 0 Å². The van der Waals surface area contributed by atoms with E-state index < -0.39 is 42.5 Å². The molecule has 0 aromatic rings. The Balaban J connectivity index is -0.00000133. The molecule has 0 amide bonds. The van der Waals surface area contributed by atoms with Crippen LogP contribution in [-0.4, -0.2) is 65.6 Å². The number of ether oxygens (including phenoxy) is 3. The number of aliphatic carboxylic acids is 1. The molecule has 1 aliphatic rings. The van der Waals surface area contributed by atoms with Crippen LogP contribution < -0.4 is 0 Å². The van der Waals surface area contributed by atoms with E-state index in [1.165, 1.54) is 7.11 Å². The quantitative estimate of drug-likeness (QED) is 0.613. The summed E-state index contributed by atoms with van der Waals surface area (Å²) < 4.78 is 15.3. The third-order valence-corrected chi connectivity index (χ3v) is 3.25. The number of carbonyl (C=O) groups excluding carboxylic acids is 1. The second kappa shape index (κ2) is 12.2. The van der Waals surface area contributed by atoms with Gasteiger partial charge in [0.25, 0.3) is 0 Å². The molecule has 0 aromatic heterocycles. The largest absolute Gasteiger partial charge is 0.481 e. The van der Waals surface area contributed by atoms with Crippen LogP contribution in [-0.2, 0) is 23.8 Å². The molecule has 1 aliphatic heterocycles. The normalized spacial score (nSPS) is 29.3. The molecule has 0 spiro atoms. The lowest BCUT2D eigenvalue weighted by Gasteiger charge is -2.41. The smallest absolute Gasteiger partial charge is 0.306 e. The summed E-state index contributed by atoms with van der Waals surface area (Å²) in [6.45, 7) is 1.35. The van der Waals surface area contributed by atoms with Crippen molar-refractivity contribution < 1.29 is 39.1 Å². The van der Waals surface area contributed by atoms with Gasteiger partial charge in [0.1, 0.15) is 12.2 Å². The van der Waals surface area contributed by atoms with E-state index in [9.17, 15) is 19.8 Å². The molecule has 5 unspecified atom stereocenters. The molecule has 1 fully saturated rings. The fraction of sp³-hybridized carbons (Fsp3) is 0.867. The first kappa shape index (κ1) is 26.7. The molecule has 0 aromatic carbocycles. The van der Waals surface area contributed by atoms with E-state index in [-0.39, 0.29) is 41.7 Å². The van der Waals surface area contributed by atoms with Crippen LogP contribution in [0.15, 0.2) is 0 Å². The van der Waals surface area contributed by atoms with Crippen LogP contribution in [0.25, 0.3) is 0 Å². The number of carboxylic acids is 1. The van der Waals surface area contributed by atoms with Gasteiger partial charge in [-0.05, 0) is 0 Å². The lowest BCUT2D eigenvalue weighted by atomic mass is 9.90. The lowest BCUT2D eigenvalue weighted by molar-refractivity contribution is -0.283. The molecule has 1 saturated heterocycles. The topological polar surface area (TPSA) is 123 Å². The van der Waals surface area contributed by atoms with Crippen molar-refractivity contribution in [2.75, 3.05) is 13.7 Å². The van der Waals surface area contributed by atoms with Crippen LogP contribution in [0.4, 0.5) is 0 Å². The number of methoxy groups -OCH3 is 1. The number of rotatable bonds is 6. The number of aliphatic hydroxyl groups is 2. The average Bonchev–Trinajstić information content (AvgIpc) is 2.41. The summed E-state index contributed by atoms with van der Waals surface area (Å²) in [4.78, 5) is 21.9. The predicted octanol–water partition coefficient (Wildman–Crippen LogP) is 1.03. The fourth-order valence-corrected chi connectivity index (χ4v) is 2.06. The molecule has 0 bridgehead atoms. The van der Waals surface area contributed by atoms with Gasteiger partial charge >= 0.3 is 11.9 Å². The molecule has 8 heteroatoms. The number of aliphatic hydroxyl groups excluding tert-OH is 2. The summed E-state index contributed by atoms with van der Waals surface area (Å²) in [5, 5.41) is 27.7. The SMILES string of the molecule is C.C.C.COC1OC(CO)C(C)C(OC(=O)CCC(=O)O)C1O. The van der Waals surface area contributed by atoms with Gasteiger partial charge in [-0.2, -0.15) is 0 Å². The first-order valence-corrected chi connectivity index (χ1v) is 6.29. The highest BCUT2D eigenvalue weighted by Gasteiger charge is 2.45. The molecule has 1 heterocycles. The maximum Gasteiger partial charge on any atom is 0.306 e. The second-order valence-electron chi connectivity index (χ2n) is 4.66. The minimum atomic E-state index is -1.20. The molecule has 140 valence electrons. The third kappa shape index (κ3) is 7.26. The van der Waals surface area contributed by atoms with Crippen molar-refractivity contribution in [2.24, 2.45) is 5.92 Å². The number of carboxylic acid groups (broad SMARTS) is 1. The number of carbonyl (C=O) groups is 2. The van der Waals surface area contributed by atoms with Crippen molar-refractivity contribution in [3.63, 3.8) is 0 Å². The van der Waals surface area contributed by atoms with Crippen molar-refractivity contribution in [2.45, 2.75) is 66.6 Å². The minimum Gasteiger partial charge on any atom is -0.481 e. The van der Waals surface area contributed by atoms with Gasteiger partial charge in [-0.25, -0.2) is 0 Å². The van der Waals surface area contributed by atoms with Gasteiger partial charge in [-0.15, -0.1) is 0 Å². The van der Waals surface area contributed by atoms with E-state index in [1.807, 2.05) is 0 Å². The van der Waals surface area contributed by atoms with E-state index in [0.29, 0.717) is 0 Å². The van der Waals surface area contributed by atoms with E-state index in [2.05, 4.69) is 0 Å². The Morgan fingerprint density at radius 1 is 1.17 bits per heavy atom. The average molecular weight is 340 g/mol. The number of hydrogen-bond acceptors (Lipinski definition) is 7. The van der Waals surface area contributed by atoms with Crippen LogP contribution in [0.3, 0.4) is 0 Å². The van der Waals surface area contributed by atoms with E-state index in [4.69, 9.17) is 19.3 Å². The Morgan fingerprint density at radius 2 is 1.74 bits per heavy atom. The molecule has 8 nitrogen and oxygen atoms in total. The summed E-state index contributed by atoms with van der Waals surface area (Å²) in [6, 6.07) is 0. The van der Waals surface area contributed by atoms with E-state index >= 15 is 0 Å². The van der Waals surface area contributed by atoms with Gasteiger partial charge in [-0.3, -0.25) is 9.59 Å². The Hall–Kier alpha value is -1.22. The zero-order valence-electron chi connectivity index (χ0n) is 11.4. The Labute approximate surface area is 138 Å². The Morgan fingerprint density at radius 3 is 2.17 bits per heavy atom. The maximum absolute atomic E-state index is 11.6. The molecule has 0 radical (unpaired) electrons.